The van der Waals surface area contributed by atoms with Gasteiger partial charge in [-0.25, -0.2) is 9.59 Å². The number of hydrogen-bond acceptors (Lipinski definition) is 7. The number of likely N-dealkylation sites (tertiary alicyclic amines) is 1. The van der Waals surface area contributed by atoms with Crippen LogP contribution in [0.4, 0.5) is 10.6 Å². The van der Waals surface area contributed by atoms with E-state index in [0.29, 0.717) is 31.9 Å². The van der Waals surface area contributed by atoms with Gasteiger partial charge in [-0.2, -0.15) is 4.98 Å². The van der Waals surface area contributed by atoms with Gasteiger partial charge in [-0.15, -0.1) is 0 Å². The van der Waals surface area contributed by atoms with Crippen molar-refractivity contribution in [3.8, 4) is 5.69 Å². The minimum absolute atomic E-state index is 0.141. The number of benzene rings is 1. The highest BCUT2D eigenvalue weighted by Gasteiger charge is 2.31. The van der Waals surface area contributed by atoms with Crippen molar-refractivity contribution in [3.63, 3.8) is 0 Å². The van der Waals surface area contributed by atoms with Gasteiger partial charge in [0.1, 0.15) is 5.82 Å². The Morgan fingerprint density at radius 2 is 1.72 bits per heavy atom. The Labute approximate surface area is 211 Å². The fraction of sp³-hybridized carbons (Fsp3) is 0.520. The minimum Gasteiger partial charge on any atom is -0.338 e. The lowest BCUT2D eigenvalue weighted by Crippen LogP contribution is -2.58. The van der Waals surface area contributed by atoms with Gasteiger partial charge in [0.05, 0.1) is 11.2 Å². The third-order valence-electron chi connectivity index (χ3n) is 6.68. The molecule has 0 radical (unpaired) electrons. The quantitative estimate of drug-likeness (QED) is 0.519. The van der Waals surface area contributed by atoms with E-state index in [1.807, 2.05) is 24.3 Å². The standard InChI is InChI=1S/C25H36N8O3/c1-25(2,27)22(34)31-13-15-32(16-14-31)23(35)28-21-9-12-33(24(36)29-21)20-5-3-18(4-6-20)7-10-30-11-8-19(26)17-30/h3-6,9,12,19H,7-8,10-11,13-17,26-27H2,1-2H3,(H,28,29,35,36)/t19-/m1/s1. The summed E-state index contributed by atoms with van der Waals surface area (Å²) in [5.74, 6) is 0.0421. The zero-order valence-electron chi connectivity index (χ0n) is 21.0. The fourth-order valence-corrected chi connectivity index (χ4v) is 4.55. The summed E-state index contributed by atoms with van der Waals surface area (Å²) in [5.41, 5.74) is 12.3. The molecule has 4 rings (SSSR count). The first kappa shape index (κ1) is 25.8. The number of aromatic nitrogens is 2. The van der Waals surface area contributed by atoms with E-state index in [0.717, 1.165) is 32.5 Å². The lowest BCUT2D eigenvalue weighted by Gasteiger charge is -2.37. The molecular weight excluding hydrogens is 460 g/mol. The topological polar surface area (TPSA) is 143 Å². The van der Waals surface area contributed by atoms with E-state index in [4.69, 9.17) is 11.5 Å². The summed E-state index contributed by atoms with van der Waals surface area (Å²) in [6.07, 6.45) is 3.58. The summed E-state index contributed by atoms with van der Waals surface area (Å²) in [4.78, 5) is 47.3. The van der Waals surface area contributed by atoms with Crippen molar-refractivity contribution in [2.24, 2.45) is 11.5 Å². The zero-order chi connectivity index (χ0) is 25.9. The smallest absolute Gasteiger partial charge is 0.338 e. The predicted molar refractivity (Wildman–Crippen MR) is 138 cm³/mol. The SMILES string of the molecule is CC(C)(N)C(=O)N1CCN(C(=O)Nc2ccn(-c3ccc(CCN4CC[C@@H](N)C4)cc3)c(=O)n2)CC1. The second-order valence-electron chi connectivity index (χ2n) is 10.2. The summed E-state index contributed by atoms with van der Waals surface area (Å²) in [7, 11) is 0. The lowest BCUT2D eigenvalue weighted by atomic mass is 10.1. The predicted octanol–water partition coefficient (Wildman–Crippen LogP) is 0.221. The van der Waals surface area contributed by atoms with Crippen LogP contribution in [-0.4, -0.2) is 93.6 Å². The molecule has 2 aromatic rings. The molecule has 0 aliphatic carbocycles. The normalized spacial score (nSPS) is 18.9. The number of amides is 3. The van der Waals surface area contributed by atoms with Crippen LogP contribution >= 0.6 is 0 Å². The van der Waals surface area contributed by atoms with E-state index in [1.165, 1.54) is 10.1 Å². The molecule has 5 N–H and O–H groups in total. The molecule has 11 heteroatoms. The molecule has 2 aliphatic heterocycles. The average Bonchev–Trinajstić information content (AvgIpc) is 3.27. The van der Waals surface area contributed by atoms with Crippen molar-refractivity contribution in [1.82, 2.24) is 24.3 Å². The minimum atomic E-state index is -0.944. The first-order chi connectivity index (χ1) is 17.1. The van der Waals surface area contributed by atoms with Gasteiger partial charge in [-0.1, -0.05) is 12.1 Å². The summed E-state index contributed by atoms with van der Waals surface area (Å²) in [5, 5.41) is 2.68. The summed E-state index contributed by atoms with van der Waals surface area (Å²) >= 11 is 0. The number of nitrogens with one attached hydrogen (secondary N) is 1. The fourth-order valence-electron chi connectivity index (χ4n) is 4.55. The third kappa shape index (κ3) is 6.28. The van der Waals surface area contributed by atoms with Gasteiger partial charge in [-0.3, -0.25) is 14.7 Å². The molecular formula is C25H36N8O3. The largest absolute Gasteiger partial charge is 0.354 e. The number of hydrogen-bond donors (Lipinski definition) is 3. The molecule has 0 bridgehead atoms. The Morgan fingerprint density at radius 3 is 2.31 bits per heavy atom. The van der Waals surface area contributed by atoms with E-state index >= 15 is 0 Å². The molecule has 3 amide bonds. The highest BCUT2D eigenvalue weighted by atomic mass is 16.2. The summed E-state index contributed by atoms with van der Waals surface area (Å²) in [6, 6.07) is 9.35. The first-order valence-electron chi connectivity index (χ1n) is 12.4. The Balaban J connectivity index is 1.31. The number of nitrogens with two attached hydrogens (primary N) is 2. The van der Waals surface area contributed by atoms with Crippen LogP contribution < -0.4 is 22.5 Å². The number of carbonyl (C=O) groups is 2. The maximum atomic E-state index is 12.6. The molecule has 0 spiro atoms. The van der Waals surface area contributed by atoms with Crippen molar-refractivity contribution in [3.05, 3.63) is 52.6 Å². The second kappa shape index (κ2) is 10.8. The molecule has 0 unspecified atom stereocenters. The highest BCUT2D eigenvalue weighted by molar-refractivity contribution is 5.89. The molecule has 3 heterocycles. The van der Waals surface area contributed by atoms with Crippen LogP contribution in [-0.2, 0) is 11.2 Å². The van der Waals surface area contributed by atoms with Crippen molar-refractivity contribution in [2.75, 3.05) is 51.1 Å². The number of urea groups is 1. The van der Waals surface area contributed by atoms with Gasteiger partial charge >= 0.3 is 11.7 Å². The molecule has 1 aromatic heterocycles. The van der Waals surface area contributed by atoms with Crippen LogP contribution in [0.3, 0.4) is 0 Å². The maximum Gasteiger partial charge on any atom is 0.354 e. The lowest BCUT2D eigenvalue weighted by molar-refractivity contribution is -0.137. The highest BCUT2D eigenvalue weighted by Crippen LogP contribution is 2.13. The molecule has 11 nitrogen and oxygen atoms in total. The number of piperazine rings is 1. The van der Waals surface area contributed by atoms with Crippen molar-refractivity contribution in [1.29, 1.82) is 0 Å². The molecule has 2 fully saturated rings. The number of rotatable bonds is 6. The molecule has 0 saturated carbocycles. The Bertz CT molecular complexity index is 1130. The molecule has 2 saturated heterocycles. The van der Waals surface area contributed by atoms with E-state index in [9.17, 15) is 14.4 Å². The molecule has 1 atom stereocenters. The zero-order valence-corrected chi connectivity index (χ0v) is 21.0. The second-order valence-corrected chi connectivity index (χ2v) is 10.2. The van der Waals surface area contributed by atoms with Gasteiger partial charge in [-0.05, 0) is 57.0 Å². The first-order valence-corrected chi connectivity index (χ1v) is 12.4. The molecule has 36 heavy (non-hydrogen) atoms. The summed E-state index contributed by atoms with van der Waals surface area (Å²) in [6.45, 7) is 7.87. The van der Waals surface area contributed by atoms with Crippen LogP contribution in [0, 0.1) is 0 Å². The van der Waals surface area contributed by atoms with Crippen LogP contribution in [0.2, 0.25) is 0 Å². The number of nitrogens with zero attached hydrogens (tertiary/aromatic N) is 5. The van der Waals surface area contributed by atoms with Crippen molar-refractivity contribution < 1.29 is 9.59 Å². The van der Waals surface area contributed by atoms with Gasteiger partial charge in [0, 0.05) is 51.5 Å². The molecule has 2 aliphatic rings. The van der Waals surface area contributed by atoms with Crippen LogP contribution in [0.1, 0.15) is 25.8 Å². The van der Waals surface area contributed by atoms with Crippen LogP contribution in [0.25, 0.3) is 5.69 Å². The maximum absolute atomic E-state index is 12.6. The monoisotopic (exact) mass is 496 g/mol. The molecule has 194 valence electrons. The molecule has 1 aromatic carbocycles. The van der Waals surface area contributed by atoms with Crippen molar-refractivity contribution in [2.45, 2.75) is 38.3 Å². The van der Waals surface area contributed by atoms with E-state index in [2.05, 4.69) is 15.2 Å². The Morgan fingerprint density at radius 1 is 1.06 bits per heavy atom. The third-order valence-corrected chi connectivity index (χ3v) is 6.68. The van der Waals surface area contributed by atoms with Gasteiger partial charge in [0.25, 0.3) is 0 Å². The Kier molecular flexibility index (Phi) is 7.72. The Hall–Kier alpha value is -3.28. The summed E-state index contributed by atoms with van der Waals surface area (Å²) < 4.78 is 1.44. The van der Waals surface area contributed by atoms with E-state index in [-0.39, 0.29) is 23.8 Å². The van der Waals surface area contributed by atoms with Crippen LogP contribution in [0.15, 0.2) is 41.3 Å². The number of anilines is 1. The van der Waals surface area contributed by atoms with Gasteiger partial charge in [0.2, 0.25) is 5.91 Å². The average molecular weight is 497 g/mol. The van der Waals surface area contributed by atoms with Gasteiger partial charge < -0.3 is 26.2 Å². The van der Waals surface area contributed by atoms with E-state index in [1.54, 1.807) is 35.9 Å². The van der Waals surface area contributed by atoms with Crippen molar-refractivity contribution >= 4 is 17.8 Å². The van der Waals surface area contributed by atoms with Gasteiger partial charge in [0.15, 0.2) is 0 Å². The number of carbonyl (C=O) groups excluding carboxylic acids is 2. The van der Waals surface area contributed by atoms with Crippen LogP contribution in [0.5, 0.6) is 0 Å². The van der Waals surface area contributed by atoms with E-state index < -0.39 is 11.2 Å².